The predicted octanol–water partition coefficient (Wildman–Crippen LogP) is 2.11. The van der Waals surface area contributed by atoms with Gasteiger partial charge in [0.2, 0.25) is 0 Å². The van der Waals surface area contributed by atoms with E-state index >= 15 is 0 Å². The largest absolute Gasteiger partial charge is 0.372 e. The zero-order valence-corrected chi connectivity index (χ0v) is 14.3. The second-order valence-corrected chi connectivity index (χ2v) is 8.11. The van der Waals surface area contributed by atoms with Gasteiger partial charge >= 0.3 is 6.03 Å². The molecule has 2 rings (SSSR count). The van der Waals surface area contributed by atoms with Crippen molar-refractivity contribution in [2.45, 2.75) is 83.7 Å². The van der Waals surface area contributed by atoms with E-state index < -0.39 is 0 Å². The Morgan fingerprint density at radius 1 is 1.10 bits per heavy atom. The van der Waals surface area contributed by atoms with Crippen molar-refractivity contribution in [3.63, 3.8) is 0 Å². The van der Waals surface area contributed by atoms with Gasteiger partial charge in [0.15, 0.2) is 0 Å². The molecule has 2 aliphatic rings. The van der Waals surface area contributed by atoms with Gasteiger partial charge in [-0.2, -0.15) is 0 Å². The molecule has 0 saturated carbocycles. The lowest BCUT2D eigenvalue weighted by Crippen LogP contribution is -2.63. The van der Waals surface area contributed by atoms with Gasteiger partial charge in [-0.15, -0.1) is 0 Å². The summed E-state index contributed by atoms with van der Waals surface area (Å²) in [5.74, 6) is 0. The Morgan fingerprint density at radius 3 is 2.05 bits per heavy atom. The van der Waals surface area contributed by atoms with E-state index in [0.717, 1.165) is 12.8 Å². The fraction of sp³-hybridized carbons (Fsp3) is 0.938. The summed E-state index contributed by atoms with van der Waals surface area (Å²) in [5.41, 5.74) is 0.0938. The Hall–Kier alpha value is -0.810. The van der Waals surface area contributed by atoms with Gasteiger partial charge < -0.3 is 20.3 Å². The molecule has 0 aromatic heterocycles. The van der Waals surface area contributed by atoms with Crippen molar-refractivity contribution in [3.05, 3.63) is 0 Å². The fourth-order valence-electron chi connectivity index (χ4n) is 4.03. The van der Waals surface area contributed by atoms with Gasteiger partial charge in [-0.3, -0.25) is 0 Å². The number of carbonyl (C=O) groups excluding carboxylic acids is 1. The summed E-state index contributed by atoms with van der Waals surface area (Å²) in [6.45, 7) is 14.2. The Kier molecular flexibility index (Phi) is 4.54. The predicted molar refractivity (Wildman–Crippen MR) is 84.4 cm³/mol. The Bertz CT molecular complexity index is 369. The van der Waals surface area contributed by atoms with Crippen LogP contribution in [0.15, 0.2) is 0 Å². The van der Waals surface area contributed by atoms with E-state index in [-0.39, 0.29) is 35.4 Å². The summed E-state index contributed by atoms with van der Waals surface area (Å²) >= 11 is 0. The number of ether oxygens (including phenoxy) is 1. The molecule has 0 aromatic rings. The van der Waals surface area contributed by atoms with E-state index in [1.165, 1.54) is 0 Å². The molecule has 21 heavy (non-hydrogen) atoms. The van der Waals surface area contributed by atoms with Crippen LogP contribution in [0.25, 0.3) is 0 Å². The number of nitrogens with one attached hydrogen (secondary N) is 2. The van der Waals surface area contributed by atoms with Crippen LogP contribution in [0, 0.1) is 0 Å². The van der Waals surface area contributed by atoms with E-state index in [1.807, 2.05) is 18.7 Å². The SMILES string of the molecule is CC1CN(C(=O)NC2CC(C)(C)NC(C)(C)C2)CC(C)O1. The molecule has 5 heteroatoms. The monoisotopic (exact) mass is 297 g/mol. The van der Waals surface area contributed by atoms with Crippen LogP contribution in [0.3, 0.4) is 0 Å². The molecule has 0 aromatic carbocycles. The van der Waals surface area contributed by atoms with Crippen LogP contribution in [0.1, 0.15) is 54.4 Å². The highest BCUT2D eigenvalue weighted by Crippen LogP contribution is 2.28. The summed E-state index contributed by atoms with van der Waals surface area (Å²) in [6.07, 6.45) is 2.13. The van der Waals surface area contributed by atoms with Gasteiger partial charge in [-0.1, -0.05) is 0 Å². The quantitative estimate of drug-likeness (QED) is 0.779. The third-order valence-corrected chi connectivity index (χ3v) is 4.22. The number of amides is 2. The summed E-state index contributed by atoms with van der Waals surface area (Å²) in [7, 11) is 0. The van der Waals surface area contributed by atoms with Crippen LogP contribution in [0.2, 0.25) is 0 Å². The molecule has 2 aliphatic heterocycles. The topological polar surface area (TPSA) is 53.6 Å². The summed E-state index contributed by atoms with van der Waals surface area (Å²) in [5, 5.41) is 6.88. The molecule has 2 amide bonds. The lowest BCUT2D eigenvalue weighted by Gasteiger charge is -2.47. The number of hydrogen-bond acceptors (Lipinski definition) is 3. The number of nitrogens with zero attached hydrogens (tertiary/aromatic N) is 1. The minimum atomic E-state index is 0.0469. The number of morpholine rings is 1. The lowest BCUT2D eigenvalue weighted by molar-refractivity contribution is -0.0551. The van der Waals surface area contributed by atoms with Crippen molar-refractivity contribution >= 4 is 6.03 Å². The Morgan fingerprint density at radius 2 is 1.57 bits per heavy atom. The molecule has 2 atom stereocenters. The van der Waals surface area contributed by atoms with E-state index in [2.05, 4.69) is 38.3 Å². The van der Waals surface area contributed by atoms with Gasteiger partial charge in [0.25, 0.3) is 0 Å². The van der Waals surface area contributed by atoms with Gasteiger partial charge in [0, 0.05) is 30.2 Å². The highest BCUT2D eigenvalue weighted by atomic mass is 16.5. The second-order valence-electron chi connectivity index (χ2n) is 8.11. The maximum Gasteiger partial charge on any atom is 0.317 e. The average molecular weight is 297 g/mol. The fourth-order valence-corrected chi connectivity index (χ4v) is 4.03. The van der Waals surface area contributed by atoms with Crippen LogP contribution in [0.5, 0.6) is 0 Å². The molecule has 5 nitrogen and oxygen atoms in total. The lowest BCUT2D eigenvalue weighted by atomic mass is 9.79. The first kappa shape index (κ1) is 16.6. The van der Waals surface area contributed by atoms with Crippen LogP contribution in [-0.2, 0) is 4.74 Å². The molecule has 0 aliphatic carbocycles. The molecule has 122 valence electrons. The summed E-state index contributed by atoms with van der Waals surface area (Å²) in [4.78, 5) is 14.4. The van der Waals surface area contributed by atoms with Crippen molar-refractivity contribution in [1.29, 1.82) is 0 Å². The minimum absolute atomic E-state index is 0.0469. The smallest absolute Gasteiger partial charge is 0.317 e. The van der Waals surface area contributed by atoms with Crippen molar-refractivity contribution < 1.29 is 9.53 Å². The number of carbonyl (C=O) groups is 1. The molecule has 2 N–H and O–H groups in total. The van der Waals surface area contributed by atoms with Crippen molar-refractivity contribution in [2.75, 3.05) is 13.1 Å². The van der Waals surface area contributed by atoms with E-state index in [4.69, 9.17) is 4.74 Å². The molecular weight excluding hydrogens is 266 g/mol. The molecule has 2 saturated heterocycles. The highest BCUT2D eigenvalue weighted by molar-refractivity contribution is 5.74. The minimum Gasteiger partial charge on any atom is -0.372 e. The van der Waals surface area contributed by atoms with Crippen molar-refractivity contribution in [1.82, 2.24) is 15.5 Å². The molecule has 2 fully saturated rings. The van der Waals surface area contributed by atoms with Gasteiger partial charge in [-0.05, 0) is 54.4 Å². The van der Waals surface area contributed by atoms with Crippen molar-refractivity contribution in [2.24, 2.45) is 0 Å². The Balaban J connectivity index is 1.95. The Labute approximate surface area is 128 Å². The zero-order chi connectivity index (χ0) is 15.8. The zero-order valence-electron chi connectivity index (χ0n) is 14.3. The normalized spacial score (nSPS) is 32.8. The van der Waals surface area contributed by atoms with Gasteiger partial charge in [-0.25, -0.2) is 4.79 Å². The second kappa shape index (κ2) is 5.76. The molecule has 0 spiro atoms. The van der Waals surface area contributed by atoms with Crippen LogP contribution < -0.4 is 10.6 Å². The third kappa shape index (κ3) is 4.58. The maximum atomic E-state index is 12.5. The van der Waals surface area contributed by atoms with E-state index in [9.17, 15) is 4.79 Å². The first-order chi connectivity index (χ1) is 9.56. The van der Waals surface area contributed by atoms with E-state index in [1.54, 1.807) is 0 Å². The number of rotatable bonds is 1. The molecule has 2 unspecified atom stereocenters. The van der Waals surface area contributed by atoms with Crippen LogP contribution in [0.4, 0.5) is 4.79 Å². The summed E-state index contributed by atoms with van der Waals surface area (Å²) < 4.78 is 5.69. The average Bonchev–Trinajstić information content (AvgIpc) is 2.22. The van der Waals surface area contributed by atoms with E-state index in [0.29, 0.717) is 13.1 Å². The molecule has 2 heterocycles. The number of urea groups is 1. The third-order valence-electron chi connectivity index (χ3n) is 4.22. The molecule has 0 radical (unpaired) electrons. The van der Waals surface area contributed by atoms with Gasteiger partial charge in [0.1, 0.15) is 0 Å². The summed E-state index contributed by atoms with van der Waals surface area (Å²) in [6, 6.07) is 0.271. The van der Waals surface area contributed by atoms with Crippen LogP contribution in [-0.4, -0.2) is 53.3 Å². The molecule has 0 bridgehead atoms. The van der Waals surface area contributed by atoms with Crippen molar-refractivity contribution in [3.8, 4) is 0 Å². The van der Waals surface area contributed by atoms with Gasteiger partial charge in [0.05, 0.1) is 12.2 Å². The van der Waals surface area contributed by atoms with Crippen LogP contribution >= 0.6 is 0 Å². The first-order valence-corrected chi connectivity index (χ1v) is 8.07. The molecular formula is C16H31N3O2. The standard InChI is InChI=1S/C16H31N3O2/c1-11-9-19(10-12(2)21-11)14(20)17-13-7-15(3,4)18-16(5,6)8-13/h11-13,18H,7-10H2,1-6H3,(H,17,20). The maximum absolute atomic E-state index is 12.5. The number of hydrogen-bond donors (Lipinski definition) is 2. The number of piperidine rings is 1. The highest BCUT2D eigenvalue weighted by Gasteiger charge is 2.39. The first-order valence-electron chi connectivity index (χ1n) is 8.07.